The lowest BCUT2D eigenvalue weighted by atomic mass is 9.97. The molecule has 1 aliphatic rings. The van der Waals surface area contributed by atoms with E-state index in [0.29, 0.717) is 18.6 Å². The van der Waals surface area contributed by atoms with E-state index in [1.54, 1.807) is 7.11 Å². The van der Waals surface area contributed by atoms with Crippen LogP contribution in [0.25, 0.3) is 0 Å². The average molecular weight is 145 g/mol. The lowest BCUT2D eigenvalue weighted by Gasteiger charge is -2.33. The smallest absolute Gasteiger partial charge is 0.0947 e. The Kier molecular flexibility index (Phi) is 2.65. The van der Waals surface area contributed by atoms with E-state index in [1.165, 1.54) is 0 Å². The molecule has 0 saturated carbocycles. The standard InChI is InChI=1S/C7H15NO2/c1-5-6(2)8-10-4-7(5)9-3/h5-8H,4H2,1-3H3/t5-,6?,7+/m0/s1. The molecule has 3 heteroatoms. The van der Waals surface area contributed by atoms with Gasteiger partial charge >= 0.3 is 0 Å². The maximum absolute atomic E-state index is 5.21. The monoisotopic (exact) mass is 145 g/mol. The molecule has 1 fully saturated rings. The van der Waals surface area contributed by atoms with Crippen molar-refractivity contribution in [3.8, 4) is 0 Å². The molecule has 0 radical (unpaired) electrons. The molecule has 0 aromatic rings. The molecule has 1 N–H and O–H groups in total. The summed E-state index contributed by atoms with van der Waals surface area (Å²) in [7, 11) is 1.72. The highest BCUT2D eigenvalue weighted by molar-refractivity contribution is 4.76. The minimum atomic E-state index is 0.247. The van der Waals surface area contributed by atoms with Gasteiger partial charge < -0.3 is 4.74 Å². The lowest BCUT2D eigenvalue weighted by Crippen LogP contribution is -2.47. The first kappa shape index (κ1) is 7.98. The molecule has 1 unspecified atom stereocenters. The minimum absolute atomic E-state index is 0.247. The minimum Gasteiger partial charge on any atom is -0.379 e. The molecule has 3 nitrogen and oxygen atoms in total. The van der Waals surface area contributed by atoms with Gasteiger partial charge in [-0.05, 0) is 6.92 Å². The zero-order chi connectivity index (χ0) is 7.56. The summed E-state index contributed by atoms with van der Waals surface area (Å²) in [5, 5.41) is 0. The lowest BCUT2D eigenvalue weighted by molar-refractivity contribution is -0.121. The van der Waals surface area contributed by atoms with Gasteiger partial charge in [0.1, 0.15) is 0 Å². The van der Waals surface area contributed by atoms with Crippen molar-refractivity contribution in [1.29, 1.82) is 0 Å². The second-order valence-electron chi connectivity index (χ2n) is 2.85. The number of hydrogen-bond donors (Lipinski definition) is 1. The fourth-order valence-electron chi connectivity index (χ4n) is 1.13. The zero-order valence-electron chi connectivity index (χ0n) is 6.76. The molecule has 0 bridgehead atoms. The van der Waals surface area contributed by atoms with Crippen LogP contribution in [-0.4, -0.2) is 25.9 Å². The van der Waals surface area contributed by atoms with Crippen LogP contribution in [0, 0.1) is 5.92 Å². The van der Waals surface area contributed by atoms with Crippen LogP contribution in [0.3, 0.4) is 0 Å². The molecule has 0 aliphatic carbocycles. The van der Waals surface area contributed by atoms with Crippen LogP contribution in [0.2, 0.25) is 0 Å². The van der Waals surface area contributed by atoms with E-state index in [2.05, 4.69) is 19.3 Å². The molecule has 0 spiro atoms. The highest BCUT2D eigenvalue weighted by Gasteiger charge is 2.27. The van der Waals surface area contributed by atoms with Gasteiger partial charge in [0.2, 0.25) is 0 Å². The van der Waals surface area contributed by atoms with Crippen molar-refractivity contribution in [2.75, 3.05) is 13.7 Å². The summed E-state index contributed by atoms with van der Waals surface area (Å²) in [5.41, 5.74) is 2.92. The Labute approximate surface area is 61.7 Å². The summed E-state index contributed by atoms with van der Waals surface area (Å²) < 4.78 is 5.21. The number of ether oxygens (including phenoxy) is 1. The summed E-state index contributed by atoms with van der Waals surface area (Å²) in [6, 6.07) is 0.388. The van der Waals surface area contributed by atoms with Gasteiger partial charge in [-0.15, -0.1) is 0 Å². The van der Waals surface area contributed by atoms with Crippen LogP contribution in [0.5, 0.6) is 0 Å². The van der Waals surface area contributed by atoms with Crippen molar-refractivity contribution >= 4 is 0 Å². The van der Waals surface area contributed by atoms with E-state index in [-0.39, 0.29) is 6.10 Å². The molecule has 1 aliphatic heterocycles. The number of hydroxylamine groups is 1. The molecular weight excluding hydrogens is 130 g/mol. The molecule has 3 atom stereocenters. The molecule has 0 amide bonds. The number of hydrogen-bond acceptors (Lipinski definition) is 3. The Morgan fingerprint density at radius 3 is 2.70 bits per heavy atom. The van der Waals surface area contributed by atoms with Crippen LogP contribution in [0.4, 0.5) is 0 Å². The number of methoxy groups -OCH3 is 1. The van der Waals surface area contributed by atoms with Gasteiger partial charge in [-0.3, -0.25) is 4.84 Å². The molecule has 1 heterocycles. The van der Waals surface area contributed by atoms with Crippen molar-refractivity contribution < 1.29 is 9.57 Å². The third-order valence-corrected chi connectivity index (χ3v) is 2.19. The average Bonchev–Trinajstić information content (AvgIpc) is 1.95. The Morgan fingerprint density at radius 2 is 2.20 bits per heavy atom. The van der Waals surface area contributed by atoms with Gasteiger partial charge in [0, 0.05) is 19.1 Å². The van der Waals surface area contributed by atoms with Crippen LogP contribution in [0.1, 0.15) is 13.8 Å². The van der Waals surface area contributed by atoms with E-state index in [0.717, 1.165) is 0 Å². The molecular formula is C7H15NO2. The first-order valence-corrected chi connectivity index (χ1v) is 3.66. The van der Waals surface area contributed by atoms with Crippen molar-refractivity contribution in [3.63, 3.8) is 0 Å². The van der Waals surface area contributed by atoms with Crippen LogP contribution in [0.15, 0.2) is 0 Å². The second kappa shape index (κ2) is 3.32. The van der Waals surface area contributed by atoms with Gasteiger partial charge in [-0.25, -0.2) is 0 Å². The molecule has 0 aromatic carbocycles. The van der Waals surface area contributed by atoms with Crippen molar-refractivity contribution in [2.45, 2.75) is 26.0 Å². The van der Waals surface area contributed by atoms with Crippen LogP contribution >= 0.6 is 0 Å². The molecule has 0 aromatic heterocycles. The predicted octanol–water partition coefficient (Wildman–Crippen LogP) is 0.561. The van der Waals surface area contributed by atoms with Crippen molar-refractivity contribution in [2.24, 2.45) is 5.92 Å². The van der Waals surface area contributed by atoms with Gasteiger partial charge in [0.15, 0.2) is 0 Å². The molecule has 60 valence electrons. The quantitative estimate of drug-likeness (QED) is 0.585. The predicted molar refractivity (Wildman–Crippen MR) is 38.5 cm³/mol. The van der Waals surface area contributed by atoms with E-state index in [1.807, 2.05) is 0 Å². The Bertz CT molecular complexity index is 108. The largest absolute Gasteiger partial charge is 0.379 e. The highest BCUT2D eigenvalue weighted by atomic mass is 16.7. The third kappa shape index (κ3) is 1.48. The van der Waals surface area contributed by atoms with Crippen molar-refractivity contribution in [1.82, 2.24) is 5.48 Å². The number of rotatable bonds is 1. The van der Waals surface area contributed by atoms with E-state index in [9.17, 15) is 0 Å². The fourth-order valence-corrected chi connectivity index (χ4v) is 1.13. The summed E-state index contributed by atoms with van der Waals surface area (Å²) in [6.45, 7) is 4.91. The normalized spacial score (nSPS) is 41.7. The summed E-state index contributed by atoms with van der Waals surface area (Å²) in [4.78, 5) is 5.08. The van der Waals surface area contributed by atoms with E-state index >= 15 is 0 Å². The van der Waals surface area contributed by atoms with Crippen LogP contribution in [-0.2, 0) is 9.57 Å². The van der Waals surface area contributed by atoms with Crippen molar-refractivity contribution in [3.05, 3.63) is 0 Å². The first-order chi connectivity index (χ1) is 4.75. The summed E-state index contributed by atoms with van der Waals surface area (Å²) >= 11 is 0. The maximum atomic E-state index is 5.21. The summed E-state index contributed by atoms with van der Waals surface area (Å²) in [6.07, 6.45) is 0.247. The van der Waals surface area contributed by atoms with Gasteiger partial charge in [0.25, 0.3) is 0 Å². The number of nitrogens with one attached hydrogen (secondary N) is 1. The topological polar surface area (TPSA) is 30.5 Å². The van der Waals surface area contributed by atoms with Crippen LogP contribution < -0.4 is 5.48 Å². The zero-order valence-corrected chi connectivity index (χ0v) is 6.76. The maximum Gasteiger partial charge on any atom is 0.0947 e. The molecule has 10 heavy (non-hydrogen) atoms. The summed E-state index contributed by atoms with van der Waals surface area (Å²) in [5.74, 6) is 0.527. The molecule has 1 rings (SSSR count). The first-order valence-electron chi connectivity index (χ1n) is 3.66. The fraction of sp³-hybridized carbons (Fsp3) is 1.00. The Balaban J connectivity index is 2.42. The van der Waals surface area contributed by atoms with Gasteiger partial charge in [-0.2, -0.15) is 5.48 Å². The third-order valence-electron chi connectivity index (χ3n) is 2.19. The Hall–Kier alpha value is -0.120. The highest BCUT2D eigenvalue weighted by Crippen LogP contribution is 2.15. The second-order valence-corrected chi connectivity index (χ2v) is 2.85. The van der Waals surface area contributed by atoms with E-state index in [4.69, 9.17) is 9.57 Å². The SMILES string of the molecule is CO[C@@H]1CONC(C)[C@@H]1C. The van der Waals surface area contributed by atoms with Gasteiger partial charge in [0.05, 0.1) is 12.7 Å². The van der Waals surface area contributed by atoms with Gasteiger partial charge in [-0.1, -0.05) is 6.92 Å². The molecule has 1 saturated heterocycles. The van der Waals surface area contributed by atoms with E-state index < -0.39 is 0 Å². The Morgan fingerprint density at radius 1 is 1.50 bits per heavy atom.